The van der Waals surface area contributed by atoms with E-state index in [-0.39, 0.29) is 0 Å². The zero-order valence-electron chi connectivity index (χ0n) is 6.63. The topological polar surface area (TPSA) is 41.8 Å². The second kappa shape index (κ2) is 6.55. The fourth-order valence-electron chi connectivity index (χ4n) is 0.510. The molecule has 0 aromatic heterocycles. The Morgan fingerprint density at radius 2 is 1.70 bits per heavy atom. The van der Waals surface area contributed by atoms with Crippen LogP contribution in [0.15, 0.2) is 5.16 Å². The fourth-order valence-corrected chi connectivity index (χ4v) is 0.510. The van der Waals surface area contributed by atoms with Crippen molar-refractivity contribution in [1.29, 1.82) is 0 Å². The van der Waals surface area contributed by atoms with Crippen LogP contribution in [0.3, 0.4) is 0 Å². The second-order valence-electron chi connectivity index (χ2n) is 2.37. The third kappa shape index (κ3) is 7.43. The summed E-state index contributed by atoms with van der Waals surface area (Å²) in [5.74, 6) is 0. The molecule has 0 radical (unpaired) electrons. The Bertz CT molecular complexity index is 86.2. The van der Waals surface area contributed by atoms with E-state index in [1.165, 1.54) is 12.8 Å². The Balaban J connectivity index is 0.000000162. The summed E-state index contributed by atoms with van der Waals surface area (Å²) < 4.78 is 4.94. The molecular formula is C7H15NO2. The maximum absolute atomic E-state index is 7.73. The van der Waals surface area contributed by atoms with Gasteiger partial charge in [0.15, 0.2) is 0 Å². The van der Waals surface area contributed by atoms with Gasteiger partial charge >= 0.3 is 0 Å². The van der Waals surface area contributed by atoms with Crippen LogP contribution >= 0.6 is 0 Å². The van der Waals surface area contributed by atoms with Crippen LogP contribution in [0.25, 0.3) is 0 Å². The van der Waals surface area contributed by atoms with Crippen LogP contribution in [-0.2, 0) is 4.74 Å². The van der Waals surface area contributed by atoms with Crippen LogP contribution in [-0.4, -0.2) is 24.1 Å². The van der Waals surface area contributed by atoms with Crippen LogP contribution < -0.4 is 0 Å². The molecule has 0 aromatic rings. The van der Waals surface area contributed by atoms with Crippen molar-refractivity contribution in [2.45, 2.75) is 26.7 Å². The van der Waals surface area contributed by atoms with E-state index in [9.17, 15) is 0 Å². The van der Waals surface area contributed by atoms with E-state index >= 15 is 0 Å². The smallest absolute Gasteiger partial charge is 0.0509 e. The second-order valence-corrected chi connectivity index (χ2v) is 2.37. The summed E-state index contributed by atoms with van der Waals surface area (Å²) in [5, 5.41) is 10.5. The van der Waals surface area contributed by atoms with Crippen molar-refractivity contribution in [3.05, 3.63) is 0 Å². The van der Waals surface area contributed by atoms with Gasteiger partial charge in [-0.2, -0.15) is 0 Å². The van der Waals surface area contributed by atoms with Crippen molar-refractivity contribution >= 4 is 5.71 Å². The minimum Gasteiger partial charge on any atom is -0.411 e. The molecule has 0 aromatic carbocycles. The monoisotopic (exact) mass is 145 g/mol. The summed E-state index contributed by atoms with van der Waals surface area (Å²) in [4.78, 5) is 0. The predicted octanol–water partition coefficient (Wildman–Crippen LogP) is 1.65. The number of nitrogens with zero attached hydrogens (tertiary/aromatic N) is 1. The van der Waals surface area contributed by atoms with Crippen LogP contribution in [0.4, 0.5) is 0 Å². The molecule has 0 bridgehead atoms. The summed E-state index contributed by atoms with van der Waals surface area (Å²) in [6, 6.07) is 0. The molecule has 0 unspecified atom stereocenters. The average Bonchev–Trinajstić information content (AvgIpc) is 2.43. The largest absolute Gasteiger partial charge is 0.411 e. The van der Waals surface area contributed by atoms with E-state index in [0.717, 1.165) is 13.2 Å². The molecule has 0 amide bonds. The predicted molar refractivity (Wildman–Crippen MR) is 40.6 cm³/mol. The van der Waals surface area contributed by atoms with E-state index in [1.807, 2.05) is 0 Å². The third-order valence-corrected chi connectivity index (χ3v) is 1.03. The Kier molecular flexibility index (Phi) is 6.18. The van der Waals surface area contributed by atoms with Crippen molar-refractivity contribution in [2.24, 2.45) is 5.16 Å². The summed E-state index contributed by atoms with van der Waals surface area (Å²) in [6.45, 7) is 5.44. The molecule has 0 atom stereocenters. The maximum atomic E-state index is 7.73. The van der Waals surface area contributed by atoms with E-state index < -0.39 is 0 Å². The number of oxime groups is 1. The van der Waals surface area contributed by atoms with Crippen LogP contribution in [0, 0.1) is 0 Å². The summed E-state index contributed by atoms with van der Waals surface area (Å²) >= 11 is 0. The van der Waals surface area contributed by atoms with Crippen molar-refractivity contribution in [3.8, 4) is 0 Å². The van der Waals surface area contributed by atoms with E-state index in [0.29, 0.717) is 5.71 Å². The van der Waals surface area contributed by atoms with Crippen molar-refractivity contribution in [2.75, 3.05) is 13.2 Å². The van der Waals surface area contributed by atoms with Gasteiger partial charge in [0.1, 0.15) is 0 Å². The molecule has 1 fully saturated rings. The molecule has 1 saturated heterocycles. The molecule has 0 aliphatic carbocycles. The molecule has 3 nitrogen and oxygen atoms in total. The summed E-state index contributed by atoms with van der Waals surface area (Å²) in [7, 11) is 0. The first kappa shape index (κ1) is 9.43. The molecule has 1 aliphatic heterocycles. The highest BCUT2D eigenvalue weighted by Gasteiger charge is 1.94. The molecule has 3 heteroatoms. The van der Waals surface area contributed by atoms with Gasteiger partial charge in [0, 0.05) is 13.2 Å². The lowest BCUT2D eigenvalue weighted by molar-refractivity contribution is 0.198. The van der Waals surface area contributed by atoms with E-state index in [1.54, 1.807) is 13.8 Å². The maximum Gasteiger partial charge on any atom is 0.0509 e. The Morgan fingerprint density at radius 3 is 1.80 bits per heavy atom. The van der Waals surface area contributed by atoms with Gasteiger partial charge in [-0.05, 0) is 26.7 Å². The van der Waals surface area contributed by atoms with Gasteiger partial charge in [-0.25, -0.2) is 0 Å². The zero-order chi connectivity index (χ0) is 7.82. The molecule has 1 aliphatic rings. The molecule has 60 valence electrons. The normalized spacial score (nSPS) is 15.4. The standard InChI is InChI=1S/C4H8O.C3H7NO/c1-2-4-5-3-1;1-3(2)4-5/h1-4H2;5H,1-2H3. The van der Waals surface area contributed by atoms with Gasteiger partial charge in [-0.15, -0.1) is 0 Å². The molecule has 0 saturated carbocycles. The minimum absolute atomic E-state index is 0.685. The van der Waals surface area contributed by atoms with Crippen LogP contribution in [0.2, 0.25) is 0 Å². The highest BCUT2D eigenvalue weighted by Crippen LogP contribution is 1.98. The first-order chi connectivity index (χ1) is 4.77. The van der Waals surface area contributed by atoms with Crippen molar-refractivity contribution in [3.63, 3.8) is 0 Å². The molecule has 1 N–H and O–H groups in total. The van der Waals surface area contributed by atoms with Gasteiger partial charge < -0.3 is 9.94 Å². The third-order valence-electron chi connectivity index (χ3n) is 1.03. The van der Waals surface area contributed by atoms with E-state index in [4.69, 9.17) is 9.94 Å². The highest BCUT2D eigenvalue weighted by molar-refractivity contribution is 5.78. The number of rotatable bonds is 0. The Hall–Kier alpha value is -0.570. The molecule has 0 spiro atoms. The van der Waals surface area contributed by atoms with E-state index in [2.05, 4.69) is 5.16 Å². The number of hydrogen-bond donors (Lipinski definition) is 1. The first-order valence-corrected chi connectivity index (χ1v) is 3.50. The molecular weight excluding hydrogens is 130 g/mol. The van der Waals surface area contributed by atoms with Gasteiger partial charge in [-0.1, -0.05) is 5.16 Å². The average molecular weight is 145 g/mol. The van der Waals surface area contributed by atoms with Crippen LogP contribution in [0.5, 0.6) is 0 Å². The van der Waals surface area contributed by atoms with Gasteiger partial charge in [-0.3, -0.25) is 0 Å². The summed E-state index contributed by atoms with van der Waals surface area (Å²) in [6.07, 6.45) is 2.56. The lowest BCUT2D eigenvalue weighted by Gasteiger charge is -1.76. The molecule has 10 heavy (non-hydrogen) atoms. The van der Waals surface area contributed by atoms with Gasteiger partial charge in [0.2, 0.25) is 0 Å². The molecule has 1 heterocycles. The Morgan fingerprint density at radius 1 is 1.30 bits per heavy atom. The minimum atomic E-state index is 0.685. The van der Waals surface area contributed by atoms with Crippen molar-refractivity contribution in [1.82, 2.24) is 0 Å². The van der Waals surface area contributed by atoms with Gasteiger partial charge in [0.05, 0.1) is 5.71 Å². The number of ether oxygens (including phenoxy) is 1. The zero-order valence-corrected chi connectivity index (χ0v) is 6.63. The van der Waals surface area contributed by atoms with Crippen molar-refractivity contribution < 1.29 is 9.94 Å². The highest BCUT2D eigenvalue weighted by atomic mass is 16.5. The first-order valence-electron chi connectivity index (χ1n) is 3.50. The molecule has 1 rings (SSSR count). The lowest BCUT2D eigenvalue weighted by atomic mass is 10.4. The SMILES string of the molecule is C1CCOC1.CC(C)=NO. The lowest BCUT2D eigenvalue weighted by Crippen LogP contribution is -1.74. The quantitative estimate of drug-likeness (QED) is 0.320. The Labute approximate surface area is 61.7 Å². The van der Waals surface area contributed by atoms with Crippen LogP contribution in [0.1, 0.15) is 26.7 Å². The fraction of sp³-hybridized carbons (Fsp3) is 0.857. The summed E-state index contributed by atoms with van der Waals surface area (Å²) in [5.41, 5.74) is 0.685. The van der Waals surface area contributed by atoms with Gasteiger partial charge in [0.25, 0.3) is 0 Å². The number of hydrogen-bond acceptors (Lipinski definition) is 3.